The highest BCUT2D eigenvalue weighted by Gasteiger charge is 2.06. The van der Waals surface area contributed by atoms with Gasteiger partial charge in [0.1, 0.15) is 0 Å². The lowest BCUT2D eigenvalue weighted by Crippen LogP contribution is -2.13. The van der Waals surface area contributed by atoms with E-state index in [-0.39, 0.29) is 12.3 Å². The van der Waals surface area contributed by atoms with Crippen LogP contribution in [-0.2, 0) is 17.6 Å². The smallest absolute Gasteiger partial charge is 0.221 e. The van der Waals surface area contributed by atoms with E-state index >= 15 is 0 Å². The minimum atomic E-state index is -0.311. The first-order valence-electron chi connectivity index (χ1n) is 7.64. The summed E-state index contributed by atoms with van der Waals surface area (Å²) in [7, 11) is 0. The molecule has 0 aliphatic rings. The fraction of sp³-hybridized carbons (Fsp3) is 0.158. The summed E-state index contributed by atoms with van der Waals surface area (Å²) in [4.78, 5) is 18.8. The fourth-order valence-corrected chi connectivity index (χ4v) is 2.64. The Balaban J connectivity index is 1.70. The number of fused-ring (bicyclic) bond motifs is 1. The van der Waals surface area contributed by atoms with Crippen molar-refractivity contribution in [3.05, 3.63) is 71.4 Å². The van der Waals surface area contributed by atoms with Gasteiger partial charge in [-0.3, -0.25) is 9.79 Å². The second-order valence-corrected chi connectivity index (χ2v) is 5.53. The zero-order valence-corrected chi connectivity index (χ0v) is 12.8. The number of carbonyl (C=O) groups excluding carboxylic acids is 1. The maximum absolute atomic E-state index is 11.1. The third-order valence-electron chi connectivity index (χ3n) is 3.76. The maximum Gasteiger partial charge on any atom is 0.221 e. The number of nitrogens with two attached hydrogens (primary N) is 1. The van der Waals surface area contributed by atoms with E-state index in [4.69, 9.17) is 5.73 Å². The summed E-state index contributed by atoms with van der Waals surface area (Å²) in [5, 5.41) is 1.14. The van der Waals surface area contributed by atoms with Gasteiger partial charge in [0.2, 0.25) is 5.91 Å². The molecule has 0 atom stereocenters. The van der Waals surface area contributed by atoms with Crippen molar-refractivity contribution >= 4 is 23.0 Å². The number of aromatic amines is 1. The lowest BCUT2D eigenvalue weighted by atomic mass is 10.1. The molecule has 0 unspecified atom stereocenters. The number of hydrogen-bond acceptors (Lipinski definition) is 2. The Labute approximate surface area is 135 Å². The first-order valence-corrected chi connectivity index (χ1v) is 7.64. The second-order valence-electron chi connectivity index (χ2n) is 5.53. The first kappa shape index (κ1) is 15.0. The molecular weight excluding hydrogens is 286 g/mol. The number of nitrogens with one attached hydrogen (secondary N) is 1. The number of nitrogens with zero attached hydrogens (tertiary/aromatic N) is 1. The van der Waals surface area contributed by atoms with Gasteiger partial charge in [-0.15, -0.1) is 0 Å². The number of benzene rings is 2. The number of hydrogen-bond donors (Lipinski definition) is 2. The van der Waals surface area contributed by atoms with Gasteiger partial charge >= 0.3 is 0 Å². The number of rotatable bonds is 6. The molecular formula is C19H19N3O. The Morgan fingerprint density at radius 3 is 2.78 bits per heavy atom. The summed E-state index contributed by atoms with van der Waals surface area (Å²) in [6.45, 7) is 0.724. The standard InChI is InChI=1S/C19H19N3O/c20-19(23)11-15-6-7-18-17(10-15)16(13-22-18)8-9-21-12-14-4-2-1-3-5-14/h1-7,10,12-13,22H,8-9,11H2,(H2,20,23). The van der Waals surface area contributed by atoms with E-state index in [2.05, 4.69) is 9.98 Å². The molecule has 0 radical (unpaired) electrons. The molecule has 116 valence electrons. The molecule has 3 aromatic rings. The largest absolute Gasteiger partial charge is 0.369 e. The highest BCUT2D eigenvalue weighted by Crippen LogP contribution is 2.20. The van der Waals surface area contributed by atoms with Crippen molar-refractivity contribution in [1.82, 2.24) is 4.98 Å². The van der Waals surface area contributed by atoms with Crippen molar-refractivity contribution in [2.75, 3.05) is 6.54 Å². The van der Waals surface area contributed by atoms with Gasteiger partial charge in [0.15, 0.2) is 0 Å². The van der Waals surface area contributed by atoms with Crippen molar-refractivity contribution in [2.24, 2.45) is 10.7 Å². The van der Waals surface area contributed by atoms with Crippen LogP contribution in [0.2, 0.25) is 0 Å². The van der Waals surface area contributed by atoms with Crippen molar-refractivity contribution < 1.29 is 4.79 Å². The van der Waals surface area contributed by atoms with E-state index in [9.17, 15) is 4.79 Å². The molecule has 0 saturated carbocycles. The Hall–Kier alpha value is -2.88. The van der Waals surface area contributed by atoms with Gasteiger partial charge in [0, 0.05) is 29.9 Å². The topological polar surface area (TPSA) is 71.2 Å². The van der Waals surface area contributed by atoms with Crippen LogP contribution < -0.4 is 5.73 Å². The highest BCUT2D eigenvalue weighted by molar-refractivity contribution is 5.86. The van der Waals surface area contributed by atoms with Crippen LogP contribution in [0.15, 0.2) is 59.7 Å². The molecule has 0 fully saturated rings. The Kier molecular flexibility index (Phi) is 4.52. The SMILES string of the molecule is NC(=O)Cc1ccc2[nH]cc(CCN=Cc3ccccc3)c2c1. The minimum Gasteiger partial charge on any atom is -0.369 e. The molecule has 2 aromatic carbocycles. The van der Waals surface area contributed by atoms with Crippen LogP contribution in [0.5, 0.6) is 0 Å². The molecule has 4 nitrogen and oxygen atoms in total. The zero-order chi connectivity index (χ0) is 16.1. The summed E-state index contributed by atoms with van der Waals surface area (Å²) in [5.74, 6) is -0.311. The summed E-state index contributed by atoms with van der Waals surface area (Å²) < 4.78 is 0. The second kappa shape index (κ2) is 6.92. The minimum absolute atomic E-state index is 0.271. The molecule has 23 heavy (non-hydrogen) atoms. The summed E-state index contributed by atoms with van der Waals surface area (Å²) in [5.41, 5.74) is 9.59. The van der Waals surface area contributed by atoms with Crippen LogP contribution in [0.4, 0.5) is 0 Å². The summed E-state index contributed by atoms with van der Waals surface area (Å²) in [6, 6.07) is 16.0. The predicted molar refractivity (Wildman–Crippen MR) is 93.8 cm³/mol. The predicted octanol–water partition coefficient (Wildman–Crippen LogP) is 2.86. The molecule has 4 heteroatoms. The van der Waals surface area contributed by atoms with Crippen LogP contribution >= 0.6 is 0 Å². The number of amides is 1. The van der Waals surface area contributed by atoms with E-state index in [1.165, 1.54) is 5.56 Å². The van der Waals surface area contributed by atoms with Crippen LogP contribution in [0, 0.1) is 0 Å². The lowest BCUT2D eigenvalue weighted by Gasteiger charge is -2.01. The Bertz CT molecular complexity index is 834. The third kappa shape index (κ3) is 3.86. The van der Waals surface area contributed by atoms with Gasteiger partial charge in [-0.1, -0.05) is 36.4 Å². The van der Waals surface area contributed by atoms with Gasteiger partial charge in [0.25, 0.3) is 0 Å². The van der Waals surface area contributed by atoms with Crippen LogP contribution in [0.1, 0.15) is 16.7 Å². The molecule has 0 saturated heterocycles. The first-order chi connectivity index (χ1) is 11.2. The average molecular weight is 305 g/mol. The molecule has 3 rings (SSSR count). The van der Waals surface area contributed by atoms with Gasteiger partial charge < -0.3 is 10.7 Å². The van der Waals surface area contributed by atoms with Gasteiger partial charge in [-0.05, 0) is 35.2 Å². The fourth-order valence-electron chi connectivity index (χ4n) is 2.64. The number of aliphatic imine (C=N–C) groups is 1. The van der Waals surface area contributed by atoms with E-state index in [0.29, 0.717) is 0 Å². The normalized spacial score (nSPS) is 11.3. The molecule has 0 aliphatic carbocycles. The maximum atomic E-state index is 11.1. The molecule has 1 amide bonds. The number of H-pyrrole nitrogens is 1. The van der Waals surface area contributed by atoms with Crippen LogP contribution in [0.25, 0.3) is 10.9 Å². The molecule has 1 heterocycles. The van der Waals surface area contributed by atoms with Gasteiger partial charge in [-0.25, -0.2) is 0 Å². The average Bonchev–Trinajstić information content (AvgIpc) is 2.94. The van der Waals surface area contributed by atoms with Gasteiger partial charge in [-0.2, -0.15) is 0 Å². The number of primary amides is 1. The van der Waals surface area contributed by atoms with Crippen molar-refractivity contribution in [1.29, 1.82) is 0 Å². The Morgan fingerprint density at radius 2 is 2.00 bits per heavy atom. The zero-order valence-electron chi connectivity index (χ0n) is 12.8. The Morgan fingerprint density at radius 1 is 1.17 bits per heavy atom. The quantitative estimate of drug-likeness (QED) is 0.675. The third-order valence-corrected chi connectivity index (χ3v) is 3.76. The molecule has 0 aliphatic heterocycles. The van der Waals surface area contributed by atoms with Crippen molar-refractivity contribution in [3.8, 4) is 0 Å². The summed E-state index contributed by atoms with van der Waals surface area (Å²) >= 11 is 0. The molecule has 1 aromatic heterocycles. The van der Waals surface area contributed by atoms with Gasteiger partial charge in [0.05, 0.1) is 6.42 Å². The van der Waals surface area contributed by atoms with E-state index in [1.54, 1.807) is 0 Å². The summed E-state index contributed by atoms with van der Waals surface area (Å²) in [6.07, 6.45) is 5.03. The van der Waals surface area contributed by atoms with E-state index in [1.807, 2.05) is 60.9 Å². The van der Waals surface area contributed by atoms with Crippen LogP contribution in [-0.4, -0.2) is 23.7 Å². The van der Waals surface area contributed by atoms with Crippen LogP contribution in [0.3, 0.4) is 0 Å². The monoisotopic (exact) mass is 305 g/mol. The lowest BCUT2D eigenvalue weighted by molar-refractivity contribution is -0.117. The molecule has 0 spiro atoms. The van der Waals surface area contributed by atoms with Crippen molar-refractivity contribution in [3.63, 3.8) is 0 Å². The highest BCUT2D eigenvalue weighted by atomic mass is 16.1. The number of carbonyl (C=O) groups is 1. The van der Waals surface area contributed by atoms with E-state index < -0.39 is 0 Å². The molecule has 3 N–H and O–H groups in total. The number of aromatic nitrogens is 1. The van der Waals surface area contributed by atoms with E-state index in [0.717, 1.165) is 35.0 Å². The van der Waals surface area contributed by atoms with Crippen molar-refractivity contribution in [2.45, 2.75) is 12.8 Å². The molecule has 0 bridgehead atoms.